The van der Waals surface area contributed by atoms with Gasteiger partial charge >= 0.3 is 0 Å². The van der Waals surface area contributed by atoms with Gasteiger partial charge in [0.1, 0.15) is 0 Å². The van der Waals surface area contributed by atoms with Crippen molar-refractivity contribution >= 4 is 11.8 Å². The van der Waals surface area contributed by atoms with Crippen molar-refractivity contribution in [1.82, 2.24) is 15.2 Å². The normalized spacial score (nSPS) is 24.9. The largest absolute Gasteiger partial charge is 0.396 e. The van der Waals surface area contributed by atoms with Gasteiger partial charge in [-0.1, -0.05) is 0 Å². The fraction of sp³-hybridized carbons (Fsp3) is 0.562. The Bertz CT molecular complexity index is 545. The number of piperidine rings is 1. The van der Waals surface area contributed by atoms with Crippen LogP contribution < -0.4 is 5.32 Å². The molecule has 1 aliphatic carbocycles. The van der Waals surface area contributed by atoms with Gasteiger partial charge in [-0.2, -0.15) is 0 Å². The van der Waals surface area contributed by atoms with Gasteiger partial charge in [-0.3, -0.25) is 14.6 Å². The molecule has 0 aromatic carbocycles. The smallest absolute Gasteiger partial charge is 0.253 e. The predicted molar refractivity (Wildman–Crippen MR) is 80.0 cm³/mol. The van der Waals surface area contributed by atoms with E-state index in [1.165, 1.54) is 6.20 Å². The molecule has 2 fully saturated rings. The molecule has 3 rings (SSSR count). The highest BCUT2D eigenvalue weighted by Gasteiger charge is 2.38. The van der Waals surface area contributed by atoms with E-state index in [1.807, 2.05) is 4.90 Å². The molecular formula is C16H21N3O3. The van der Waals surface area contributed by atoms with Crippen LogP contribution in [0.2, 0.25) is 0 Å². The Kier molecular flexibility index (Phi) is 4.38. The second-order valence-corrected chi connectivity index (χ2v) is 6.11. The van der Waals surface area contributed by atoms with E-state index in [0.717, 1.165) is 12.8 Å². The SMILES string of the molecule is O=C(N[C@@H]1CN(C(=O)C2CC2)CC[C@@H]1CO)c1cccnc1. The van der Waals surface area contributed by atoms with Crippen molar-refractivity contribution in [2.75, 3.05) is 19.7 Å². The highest BCUT2D eigenvalue weighted by atomic mass is 16.3. The molecule has 2 amide bonds. The lowest BCUT2D eigenvalue weighted by molar-refractivity contribution is -0.134. The number of aliphatic hydroxyl groups excluding tert-OH is 1. The first-order chi connectivity index (χ1) is 10.7. The molecule has 2 heterocycles. The van der Waals surface area contributed by atoms with Crippen LogP contribution >= 0.6 is 0 Å². The molecule has 22 heavy (non-hydrogen) atoms. The number of carbonyl (C=O) groups excluding carboxylic acids is 2. The van der Waals surface area contributed by atoms with Gasteiger partial charge in [0.15, 0.2) is 0 Å². The highest BCUT2D eigenvalue weighted by Crippen LogP contribution is 2.32. The Hall–Kier alpha value is -1.95. The maximum absolute atomic E-state index is 12.3. The number of rotatable bonds is 4. The Morgan fingerprint density at radius 1 is 1.36 bits per heavy atom. The van der Waals surface area contributed by atoms with Crippen LogP contribution in [-0.2, 0) is 4.79 Å². The van der Waals surface area contributed by atoms with E-state index in [1.54, 1.807) is 18.3 Å². The number of hydrogen-bond donors (Lipinski definition) is 2. The molecule has 0 unspecified atom stereocenters. The van der Waals surface area contributed by atoms with Gasteiger partial charge in [0.2, 0.25) is 5.91 Å². The third kappa shape index (κ3) is 3.27. The van der Waals surface area contributed by atoms with Gasteiger partial charge in [0, 0.05) is 43.9 Å². The minimum atomic E-state index is -0.214. The summed E-state index contributed by atoms with van der Waals surface area (Å²) in [7, 11) is 0. The van der Waals surface area contributed by atoms with E-state index < -0.39 is 0 Å². The van der Waals surface area contributed by atoms with Gasteiger partial charge < -0.3 is 15.3 Å². The van der Waals surface area contributed by atoms with Crippen molar-refractivity contribution < 1.29 is 14.7 Å². The molecule has 1 aromatic heterocycles. The molecular weight excluding hydrogens is 282 g/mol. The van der Waals surface area contributed by atoms with Gasteiger partial charge in [-0.15, -0.1) is 0 Å². The van der Waals surface area contributed by atoms with E-state index >= 15 is 0 Å². The number of aromatic nitrogens is 1. The first kappa shape index (κ1) is 15.0. The van der Waals surface area contributed by atoms with Crippen LogP contribution in [0.15, 0.2) is 24.5 Å². The first-order valence-corrected chi connectivity index (χ1v) is 7.79. The number of pyridine rings is 1. The maximum atomic E-state index is 12.3. The third-order valence-electron chi connectivity index (χ3n) is 4.47. The number of hydrogen-bond acceptors (Lipinski definition) is 4. The maximum Gasteiger partial charge on any atom is 0.253 e. The summed E-state index contributed by atoms with van der Waals surface area (Å²) in [5, 5.41) is 12.5. The van der Waals surface area contributed by atoms with Crippen molar-refractivity contribution in [2.24, 2.45) is 11.8 Å². The van der Waals surface area contributed by atoms with Crippen LogP contribution in [-0.4, -0.2) is 52.5 Å². The molecule has 0 bridgehead atoms. The number of carbonyl (C=O) groups is 2. The third-order valence-corrected chi connectivity index (χ3v) is 4.47. The van der Waals surface area contributed by atoms with Crippen molar-refractivity contribution in [1.29, 1.82) is 0 Å². The second kappa shape index (κ2) is 6.44. The van der Waals surface area contributed by atoms with Crippen LogP contribution in [0, 0.1) is 11.8 Å². The van der Waals surface area contributed by atoms with Crippen LogP contribution in [0.4, 0.5) is 0 Å². The summed E-state index contributed by atoms with van der Waals surface area (Å²) in [5.41, 5.74) is 0.491. The lowest BCUT2D eigenvalue weighted by Crippen LogP contribution is -2.55. The lowest BCUT2D eigenvalue weighted by Gasteiger charge is -2.38. The molecule has 2 N–H and O–H groups in total. The van der Waals surface area contributed by atoms with E-state index in [9.17, 15) is 14.7 Å². The molecule has 6 nitrogen and oxygen atoms in total. The summed E-state index contributed by atoms with van der Waals surface area (Å²) in [6.07, 6.45) is 5.80. The van der Waals surface area contributed by atoms with Gasteiger partial charge in [-0.05, 0) is 31.4 Å². The average Bonchev–Trinajstić information content (AvgIpc) is 3.40. The molecule has 6 heteroatoms. The number of likely N-dealkylation sites (tertiary alicyclic amines) is 1. The van der Waals surface area contributed by atoms with E-state index in [-0.39, 0.29) is 36.3 Å². The summed E-state index contributed by atoms with van der Waals surface area (Å²) in [4.78, 5) is 30.2. The van der Waals surface area contributed by atoms with Crippen LogP contribution in [0.1, 0.15) is 29.6 Å². The Morgan fingerprint density at radius 2 is 2.18 bits per heavy atom. The zero-order valence-corrected chi connectivity index (χ0v) is 12.4. The fourth-order valence-electron chi connectivity index (χ4n) is 2.92. The number of nitrogens with zero attached hydrogens (tertiary/aromatic N) is 2. The van der Waals surface area contributed by atoms with Crippen molar-refractivity contribution in [3.8, 4) is 0 Å². The predicted octanol–water partition coefficient (Wildman–Crippen LogP) is 0.431. The first-order valence-electron chi connectivity index (χ1n) is 7.79. The molecule has 118 valence electrons. The minimum Gasteiger partial charge on any atom is -0.396 e. The Balaban J connectivity index is 1.65. The topological polar surface area (TPSA) is 82.5 Å². The molecule has 1 aromatic rings. The number of aliphatic hydroxyl groups is 1. The second-order valence-electron chi connectivity index (χ2n) is 6.11. The van der Waals surface area contributed by atoms with Crippen LogP contribution in [0.25, 0.3) is 0 Å². The monoisotopic (exact) mass is 303 g/mol. The number of nitrogens with one attached hydrogen (secondary N) is 1. The molecule has 0 radical (unpaired) electrons. The quantitative estimate of drug-likeness (QED) is 0.845. The van der Waals surface area contributed by atoms with Gasteiger partial charge in [0.25, 0.3) is 5.91 Å². The Morgan fingerprint density at radius 3 is 2.82 bits per heavy atom. The standard InChI is InChI=1S/C16H21N3O3/c20-10-13-5-7-19(16(22)11-3-4-11)9-14(13)18-15(21)12-2-1-6-17-8-12/h1-2,6,8,11,13-14,20H,3-5,7,9-10H2,(H,18,21)/t13-,14-/m1/s1. The zero-order chi connectivity index (χ0) is 15.5. The van der Waals surface area contributed by atoms with E-state index in [0.29, 0.717) is 25.1 Å². The summed E-state index contributed by atoms with van der Waals surface area (Å²) in [5.74, 6) is 0.151. The summed E-state index contributed by atoms with van der Waals surface area (Å²) in [6, 6.07) is 3.20. The van der Waals surface area contributed by atoms with Crippen LogP contribution in [0.3, 0.4) is 0 Å². The summed E-state index contributed by atoms with van der Waals surface area (Å²) < 4.78 is 0. The minimum absolute atomic E-state index is 0.0103. The van der Waals surface area contributed by atoms with E-state index in [4.69, 9.17) is 0 Å². The molecule has 0 spiro atoms. The number of amides is 2. The lowest BCUT2D eigenvalue weighted by atomic mass is 9.91. The molecule has 1 saturated heterocycles. The Labute approximate surface area is 129 Å². The molecule has 2 aliphatic rings. The van der Waals surface area contributed by atoms with Crippen molar-refractivity contribution in [2.45, 2.75) is 25.3 Å². The summed E-state index contributed by atoms with van der Waals surface area (Å²) >= 11 is 0. The summed E-state index contributed by atoms with van der Waals surface area (Å²) in [6.45, 7) is 1.16. The molecule has 1 aliphatic heterocycles. The molecule has 1 saturated carbocycles. The fourth-order valence-corrected chi connectivity index (χ4v) is 2.92. The molecule has 2 atom stereocenters. The van der Waals surface area contributed by atoms with Crippen molar-refractivity contribution in [3.63, 3.8) is 0 Å². The van der Waals surface area contributed by atoms with Gasteiger partial charge in [0.05, 0.1) is 11.6 Å². The average molecular weight is 303 g/mol. The zero-order valence-electron chi connectivity index (χ0n) is 12.4. The highest BCUT2D eigenvalue weighted by molar-refractivity contribution is 5.94. The van der Waals surface area contributed by atoms with Crippen LogP contribution in [0.5, 0.6) is 0 Å². The van der Waals surface area contributed by atoms with Crippen molar-refractivity contribution in [3.05, 3.63) is 30.1 Å². The van der Waals surface area contributed by atoms with Gasteiger partial charge in [-0.25, -0.2) is 0 Å². The van der Waals surface area contributed by atoms with E-state index in [2.05, 4.69) is 10.3 Å².